The maximum absolute atomic E-state index is 11.5. The molecule has 1 N–H and O–H groups in total. The third kappa shape index (κ3) is 2.75. The SMILES string of the molecule is CS(=O)(=O)c1cccc(-c2cncc(CO)c2)c1. The van der Waals surface area contributed by atoms with E-state index >= 15 is 0 Å². The molecule has 2 rings (SSSR count). The molecule has 5 heteroatoms. The number of nitrogens with zero attached hydrogens (tertiary/aromatic N) is 1. The number of sulfone groups is 1. The third-order valence-electron chi connectivity index (χ3n) is 2.57. The van der Waals surface area contributed by atoms with Gasteiger partial charge in [-0.3, -0.25) is 4.98 Å². The molecular formula is C13H13NO3S. The molecule has 0 aliphatic heterocycles. The molecule has 0 fully saturated rings. The molecule has 1 aromatic heterocycles. The van der Waals surface area contributed by atoms with Crippen molar-refractivity contribution < 1.29 is 13.5 Å². The fraction of sp³-hybridized carbons (Fsp3) is 0.154. The summed E-state index contributed by atoms with van der Waals surface area (Å²) < 4.78 is 23.0. The van der Waals surface area contributed by atoms with E-state index in [1.165, 1.54) is 6.26 Å². The van der Waals surface area contributed by atoms with Crippen LogP contribution in [0.25, 0.3) is 11.1 Å². The molecule has 0 saturated carbocycles. The lowest BCUT2D eigenvalue weighted by Gasteiger charge is -2.05. The lowest BCUT2D eigenvalue weighted by molar-refractivity contribution is 0.281. The van der Waals surface area contributed by atoms with Crippen molar-refractivity contribution >= 4 is 9.84 Å². The molecule has 0 aliphatic carbocycles. The first-order chi connectivity index (χ1) is 8.50. The first-order valence-electron chi connectivity index (χ1n) is 5.36. The summed E-state index contributed by atoms with van der Waals surface area (Å²) in [6.07, 6.45) is 4.39. The highest BCUT2D eigenvalue weighted by molar-refractivity contribution is 7.90. The van der Waals surface area contributed by atoms with Crippen molar-refractivity contribution in [1.82, 2.24) is 4.98 Å². The molecule has 1 heterocycles. The van der Waals surface area contributed by atoms with Gasteiger partial charge in [-0.05, 0) is 29.3 Å². The van der Waals surface area contributed by atoms with Crippen LogP contribution in [0.4, 0.5) is 0 Å². The van der Waals surface area contributed by atoms with E-state index < -0.39 is 9.84 Å². The van der Waals surface area contributed by atoms with Gasteiger partial charge in [-0.15, -0.1) is 0 Å². The minimum absolute atomic E-state index is 0.0907. The second-order valence-electron chi connectivity index (χ2n) is 4.04. The van der Waals surface area contributed by atoms with Gasteiger partial charge in [0.05, 0.1) is 11.5 Å². The molecule has 0 atom stereocenters. The monoisotopic (exact) mass is 263 g/mol. The van der Waals surface area contributed by atoms with E-state index in [1.807, 2.05) is 6.07 Å². The van der Waals surface area contributed by atoms with Crippen LogP contribution in [0.3, 0.4) is 0 Å². The summed E-state index contributed by atoms with van der Waals surface area (Å²) in [6, 6.07) is 8.45. The highest BCUT2D eigenvalue weighted by Crippen LogP contribution is 2.22. The van der Waals surface area contributed by atoms with Crippen molar-refractivity contribution in [3.8, 4) is 11.1 Å². The third-order valence-corrected chi connectivity index (χ3v) is 3.68. The summed E-state index contributed by atoms with van der Waals surface area (Å²) in [6.45, 7) is -0.0907. The molecule has 94 valence electrons. The van der Waals surface area contributed by atoms with E-state index in [0.29, 0.717) is 5.56 Å². The Bertz CT molecular complexity index is 665. The number of hydrogen-bond donors (Lipinski definition) is 1. The minimum Gasteiger partial charge on any atom is -0.392 e. The van der Waals surface area contributed by atoms with Gasteiger partial charge in [0.1, 0.15) is 0 Å². The molecule has 0 amide bonds. The van der Waals surface area contributed by atoms with Crippen LogP contribution in [0, 0.1) is 0 Å². The van der Waals surface area contributed by atoms with Crippen molar-refractivity contribution in [2.45, 2.75) is 11.5 Å². The molecule has 4 nitrogen and oxygen atoms in total. The number of hydrogen-bond acceptors (Lipinski definition) is 4. The molecule has 0 aliphatic rings. The van der Waals surface area contributed by atoms with Gasteiger partial charge < -0.3 is 5.11 Å². The first-order valence-corrected chi connectivity index (χ1v) is 7.25. The van der Waals surface area contributed by atoms with Crippen molar-refractivity contribution in [3.05, 3.63) is 48.3 Å². The molecule has 0 radical (unpaired) electrons. The smallest absolute Gasteiger partial charge is 0.175 e. The largest absolute Gasteiger partial charge is 0.392 e. The van der Waals surface area contributed by atoms with Crippen LogP contribution in [0.2, 0.25) is 0 Å². The fourth-order valence-corrected chi connectivity index (χ4v) is 2.31. The predicted molar refractivity (Wildman–Crippen MR) is 68.7 cm³/mol. The molecular weight excluding hydrogens is 250 g/mol. The van der Waals surface area contributed by atoms with Crippen molar-refractivity contribution in [2.24, 2.45) is 0 Å². The fourth-order valence-electron chi connectivity index (χ4n) is 1.64. The zero-order valence-electron chi connectivity index (χ0n) is 9.87. The topological polar surface area (TPSA) is 67.3 Å². The second kappa shape index (κ2) is 4.88. The summed E-state index contributed by atoms with van der Waals surface area (Å²) in [5, 5.41) is 9.06. The van der Waals surface area contributed by atoms with E-state index in [9.17, 15) is 8.42 Å². The highest BCUT2D eigenvalue weighted by atomic mass is 32.2. The van der Waals surface area contributed by atoms with Crippen molar-refractivity contribution in [1.29, 1.82) is 0 Å². The molecule has 1 aromatic carbocycles. The van der Waals surface area contributed by atoms with E-state index in [-0.39, 0.29) is 11.5 Å². The highest BCUT2D eigenvalue weighted by Gasteiger charge is 2.08. The Labute approximate surface area is 106 Å². The lowest BCUT2D eigenvalue weighted by Crippen LogP contribution is -1.97. The van der Waals surface area contributed by atoms with Crippen LogP contribution < -0.4 is 0 Å². The molecule has 0 spiro atoms. The summed E-state index contributed by atoms with van der Waals surface area (Å²) in [4.78, 5) is 4.29. The van der Waals surface area contributed by atoms with Gasteiger partial charge in [0.2, 0.25) is 0 Å². The zero-order valence-corrected chi connectivity index (χ0v) is 10.7. The number of pyridine rings is 1. The second-order valence-corrected chi connectivity index (χ2v) is 6.06. The van der Waals surface area contributed by atoms with Crippen LogP contribution in [0.1, 0.15) is 5.56 Å². The van der Waals surface area contributed by atoms with Gasteiger partial charge in [0.25, 0.3) is 0 Å². The van der Waals surface area contributed by atoms with E-state index in [2.05, 4.69) is 4.98 Å². The molecule has 18 heavy (non-hydrogen) atoms. The average molecular weight is 263 g/mol. The quantitative estimate of drug-likeness (QED) is 0.914. The molecule has 0 unspecified atom stereocenters. The number of benzene rings is 1. The van der Waals surface area contributed by atoms with E-state index in [4.69, 9.17) is 5.11 Å². The van der Waals surface area contributed by atoms with E-state index in [0.717, 1.165) is 11.1 Å². The molecule has 0 bridgehead atoms. The number of aliphatic hydroxyl groups is 1. The van der Waals surface area contributed by atoms with Crippen molar-refractivity contribution in [2.75, 3.05) is 6.26 Å². The maximum Gasteiger partial charge on any atom is 0.175 e. The Balaban J connectivity index is 2.51. The normalized spacial score (nSPS) is 11.4. The number of rotatable bonds is 3. The summed E-state index contributed by atoms with van der Waals surface area (Å²) >= 11 is 0. The number of aromatic nitrogens is 1. The summed E-state index contributed by atoms with van der Waals surface area (Å²) in [5.74, 6) is 0. The Morgan fingerprint density at radius 2 is 1.94 bits per heavy atom. The summed E-state index contributed by atoms with van der Waals surface area (Å²) in [7, 11) is -3.22. The van der Waals surface area contributed by atoms with Crippen molar-refractivity contribution in [3.63, 3.8) is 0 Å². The standard InChI is InChI=1S/C13H13NO3S/c1-18(16,17)13-4-2-3-11(6-13)12-5-10(9-15)7-14-8-12/h2-8,15H,9H2,1H3. The van der Waals surface area contributed by atoms with Gasteiger partial charge in [0.15, 0.2) is 9.84 Å². The van der Waals surface area contributed by atoms with Gasteiger partial charge in [0, 0.05) is 24.2 Å². The van der Waals surface area contributed by atoms with Gasteiger partial charge in [-0.1, -0.05) is 12.1 Å². The Kier molecular flexibility index (Phi) is 3.45. The van der Waals surface area contributed by atoms with Crippen LogP contribution in [0.5, 0.6) is 0 Å². The lowest BCUT2D eigenvalue weighted by atomic mass is 10.1. The maximum atomic E-state index is 11.5. The van der Waals surface area contributed by atoms with Crippen LogP contribution in [0.15, 0.2) is 47.6 Å². The predicted octanol–water partition coefficient (Wildman–Crippen LogP) is 1.64. The Morgan fingerprint density at radius 3 is 2.61 bits per heavy atom. The number of aliphatic hydroxyl groups excluding tert-OH is 1. The van der Waals surface area contributed by atoms with Crippen LogP contribution in [-0.2, 0) is 16.4 Å². The minimum atomic E-state index is -3.22. The zero-order chi connectivity index (χ0) is 13.2. The Morgan fingerprint density at radius 1 is 1.17 bits per heavy atom. The van der Waals surface area contributed by atoms with Gasteiger partial charge >= 0.3 is 0 Å². The average Bonchev–Trinajstić information content (AvgIpc) is 2.38. The van der Waals surface area contributed by atoms with E-state index in [1.54, 1.807) is 36.7 Å². The van der Waals surface area contributed by atoms with Crippen LogP contribution >= 0.6 is 0 Å². The molecule has 0 saturated heterocycles. The summed E-state index contributed by atoms with van der Waals surface area (Å²) in [5.41, 5.74) is 2.24. The Hall–Kier alpha value is -1.72. The van der Waals surface area contributed by atoms with Crippen LogP contribution in [-0.4, -0.2) is 24.8 Å². The van der Waals surface area contributed by atoms with Gasteiger partial charge in [-0.25, -0.2) is 8.42 Å². The first kappa shape index (κ1) is 12.7. The van der Waals surface area contributed by atoms with Gasteiger partial charge in [-0.2, -0.15) is 0 Å². The molecule has 2 aromatic rings.